The van der Waals surface area contributed by atoms with Crippen LogP contribution in [0.15, 0.2) is 17.0 Å². The molecule has 4 nitrogen and oxygen atoms in total. The van der Waals surface area contributed by atoms with E-state index < -0.39 is 38.2 Å². The molecule has 0 aliphatic carbocycles. The number of rotatable bonds is 5. The van der Waals surface area contributed by atoms with Crippen LogP contribution in [0.25, 0.3) is 0 Å². The molecule has 18 heavy (non-hydrogen) atoms. The Labute approximate surface area is 108 Å². The molecule has 0 bridgehead atoms. The quantitative estimate of drug-likeness (QED) is 0.806. The maximum Gasteiger partial charge on any atom is 0.175 e. The van der Waals surface area contributed by atoms with Gasteiger partial charge in [0.25, 0.3) is 0 Å². The van der Waals surface area contributed by atoms with Gasteiger partial charge in [-0.15, -0.1) is 11.6 Å². The third-order valence-electron chi connectivity index (χ3n) is 2.14. The fourth-order valence-electron chi connectivity index (χ4n) is 1.21. The normalized spacial score (nSPS) is 13.4. The molecule has 1 aromatic rings. The first kappa shape index (κ1) is 15.1. The lowest BCUT2D eigenvalue weighted by molar-refractivity contribution is 0.211. The molecule has 1 unspecified atom stereocenters. The minimum atomic E-state index is -3.68. The molecule has 102 valence electrons. The van der Waals surface area contributed by atoms with Crippen LogP contribution in [0.2, 0.25) is 0 Å². The standard InChI is InChI=1S/C10H12ClF2NO3S/c1-18(16,17)7-2-8(12)10(9(13)3-7)14-5-6(15)4-11/h2-3,6,14-15H,4-5H2,1H3. The lowest BCUT2D eigenvalue weighted by atomic mass is 10.2. The van der Waals surface area contributed by atoms with E-state index in [2.05, 4.69) is 5.32 Å². The summed E-state index contributed by atoms with van der Waals surface area (Å²) in [7, 11) is -3.68. The highest BCUT2D eigenvalue weighted by Crippen LogP contribution is 2.23. The maximum absolute atomic E-state index is 13.5. The Balaban J connectivity index is 3.02. The summed E-state index contributed by atoms with van der Waals surface area (Å²) in [5, 5.41) is 11.5. The van der Waals surface area contributed by atoms with Gasteiger partial charge in [-0.25, -0.2) is 17.2 Å². The second-order valence-electron chi connectivity index (χ2n) is 3.72. The molecule has 0 saturated carbocycles. The van der Waals surface area contributed by atoms with Crippen LogP contribution in [0.1, 0.15) is 0 Å². The Kier molecular flexibility index (Phi) is 4.89. The Morgan fingerprint density at radius 1 is 1.39 bits per heavy atom. The van der Waals surface area contributed by atoms with Crippen LogP contribution in [-0.4, -0.2) is 38.3 Å². The van der Waals surface area contributed by atoms with Crippen molar-refractivity contribution < 1.29 is 22.3 Å². The van der Waals surface area contributed by atoms with Gasteiger partial charge in [-0.1, -0.05) is 0 Å². The van der Waals surface area contributed by atoms with Crippen molar-refractivity contribution in [3.05, 3.63) is 23.8 Å². The van der Waals surface area contributed by atoms with Crippen LogP contribution in [0, 0.1) is 11.6 Å². The second-order valence-corrected chi connectivity index (χ2v) is 6.05. The van der Waals surface area contributed by atoms with Gasteiger partial charge in [-0.3, -0.25) is 0 Å². The Morgan fingerprint density at radius 3 is 2.28 bits per heavy atom. The number of benzene rings is 1. The number of aliphatic hydroxyl groups is 1. The van der Waals surface area contributed by atoms with Crippen molar-refractivity contribution in [3.63, 3.8) is 0 Å². The molecule has 0 fully saturated rings. The van der Waals surface area contributed by atoms with E-state index in [1.807, 2.05) is 0 Å². The van der Waals surface area contributed by atoms with Crippen LogP contribution in [0.4, 0.5) is 14.5 Å². The van der Waals surface area contributed by atoms with Crippen LogP contribution in [0.5, 0.6) is 0 Å². The summed E-state index contributed by atoms with van der Waals surface area (Å²) >= 11 is 5.33. The molecule has 1 aromatic carbocycles. The largest absolute Gasteiger partial charge is 0.390 e. The number of alkyl halides is 1. The molecule has 0 aliphatic rings. The summed E-state index contributed by atoms with van der Waals surface area (Å²) < 4.78 is 49.3. The Hall–Kier alpha value is -0.920. The van der Waals surface area contributed by atoms with Gasteiger partial charge in [0, 0.05) is 12.8 Å². The van der Waals surface area contributed by atoms with E-state index in [-0.39, 0.29) is 12.4 Å². The lowest BCUT2D eigenvalue weighted by Gasteiger charge is -2.12. The summed E-state index contributed by atoms with van der Waals surface area (Å²) in [5.74, 6) is -2.17. The predicted octanol–water partition coefficient (Wildman–Crippen LogP) is 1.38. The number of aliphatic hydroxyl groups excluding tert-OH is 1. The number of hydrogen-bond donors (Lipinski definition) is 2. The third kappa shape index (κ3) is 3.79. The molecule has 1 rings (SSSR count). The first-order valence-electron chi connectivity index (χ1n) is 4.92. The first-order chi connectivity index (χ1) is 8.25. The van der Waals surface area contributed by atoms with Gasteiger partial charge in [0.15, 0.2) is 21.5 Å². The SMILES string of the molecule is CS(=O)(=O)c1cc(F)c(NCC(O)CCl)c(F)c1. The van der Waals surface area contributed by atoms with E-state index in [0.717, 1.165) is 6.26 Å². The molecular formula is C10H12ClF2NO3S. The number of halogens is 3. The number of nitrogens with one attached hydrogen (secondary N) is 1. The van der Waals surface area contributed by atoms with Crippen molar-refractivity contribution in [2.24, 2.45) is 0 Å². The van der Waals surface area contributed by atoms with E-state index in [9.17, 15) is 17.2 Å². The third-order valence-corrected chi connectivity index (χ3v) is 3.58. The summed E-state index contributed by atoms with van der Waals surface area (Å²) in [6, 6.07) is 1.43. The van der Waals surface area contributed by atoms with Crippen molar-refractivity contribution in [3.8, 4) is 0 Å². The fourth-order valence-corrected chi connectivity index (χ4v) is 1.95. The number of hydrogen-bond acceptors (Lipinski definition) is 4. The zero-order valence-electron chi connectivity index (χ0n) is 9.45. The molecule has 0 aliphatic heterocycles. The topological polar surface area (TPSA) is 66.4 Å². The van der Waals surface area contributed by atoms with Crippen molar-refractivity contribution >= 4 is 27.1 Å². The van der Waals surface area contributed by atoms with Gasteiger partial charge < -0.3 is 10.4 Å². The summed E-state index contributed by atoms with van der Waals surface area (Å²) in [4.78, 5) is -0.444. The zero-order chi connectivity index (χ0) is 13.9. The second kappa shape index (κ2) is 5.81. The van der Waals surface area contributed by atoms with Gasteiger partial charge in [-0.05, 0) is 12.1 Å². The van der Waals surface area contributed by atoms with E-state index >= 15 is 0 Å². The molecule has 0 amide bonds. The van der Waals surface area contributed by atoms with Crippen LogP contribution in [-0.2, 0) is 9.84 Å². The van der Waals surface area contributed by atoms with Gasteiger partial charge in [0.05, 0.1) is 16.9 Å². The highest BCUT2D eigenvalue weighted by molar-refractivity contribution is 7.90. The average molecular weight is 300 g/mol. The van der Waals surface area contributed by atoms with Crippen molar-refractivity contribution in [2.75, 3.05) is 24.0 Å². The molecule has 1 atom stereocenters. The van der Waals surface area contributed by atoms with Crippen molar-refractivity contribution in [2.45, 2.75) is 11.0 Å². The summed E-state index contributed by atoms with van der Waals surface area (Å²) in [6.45, 7) is -0.143. The van der Waals surface area contributed by atoms with Gasteiger partial charge in [0.2, 0.25) is 0 Å². The highest BCUT2D eigenvalue weighted by Gasteiger charge is 2.16. The smallest absolute Gasteiger partial charge is 0.175 e. The van der Waals surface area contributed by atoms with E-state index in [1.54, 1.807) is 0 Å². The predicted molar refractivity (Wildman–Crippen MR) is 64.7 cm³/mol. The molecule has 0 aromatic heterocycles. The molecule has 0 radical (unpaired) electrons. The van der Waals surface area contributed by atoms with E-state index in [4.69, 9.17) is 16.7 Å². The highest BCUT2D eigenvalue weighted by atomic mass is 35.5. The average Bonchev–Trinajstić information content (AvgIpc) is 2.26. The first-order valence-corrected chi connectivity index (χ1v) is 7.35. The van der Waals surface area contributed by atoms with E-state index in [0.29, 0.717) is 12.1 Å². The zero-order valence-corrected chi connectivity index (χ0v) is 11.0. The monoisotopic (exact) mass is 299 g/mol. The van der Waals surface area contributed by atoms with Gasteiger partial charge in [0.1, 0.15) is 5.69 Å². The van der Waals surface area contributed by atoms with Crippen molar-refractivity contribution in [1.29, 1.82) is 0 Å². The molecule has 8 heteroatoms. The van der Waals surface area contributed by atoms with Crippen LogP contribution in [0.3, 0.4) is 0 Å². The van der Waals surface area contributed by atoms with Crippen molar-refractivity contribution in [1.82, 2.24) is 0 Å². The van der Waals surface area contributed by atoms with Crippen LogP contribution < -0.4 is 5.32 Å². The lowest BCUT2D eigenvalue weighted by Crippen LogP contribution is -2.22. The Morgan fingerprint density at radius 2 is 1.89 bits per heavy atom. The molecule has 0 saturated heterocycles. The van der Waals surface area contributed by atoms with E-state index in [1.165, 1.54) is 0 Å². The minimum Gasteiger partial charge on any atom is -0.390 e. The number of sulfone groups is 1. The molecule has 2 N–H and O–H groups in total. The van der Waals surface area contributed by atoms with Crippen LogP contribution >= 0.6 is 11.6 Å². The minimum absolute atomic E-state index is 0.0857. The molecule has 0 spiro atoms. The fraction of sp³-hybridized carbons (Fsp3) is 0.400. The summed E-state index contributed by atoms with van der Waals surface area (Å²) in [6.07, 6.45) is -0.106. The van der Waals surface area contributed by atoms with Gasteiger partial charge in [-0.2, -0.15) is 0 Å². The Bertz CT molecular complexity index is 513. The molecular weight excluding hydrogens is 288 g/mol. The molecule has 0 heterocycles. The summed E-state index contributed by atoms with van der Waals surface area (Å²) in [5.41, 5.74) is -0.494. The van der Waals surface area contributed by atoms with Gasteiger partial charge >= 0.3 is 0 Å². The number of anilines is 1. The maximum atomic E-state index is 13.5.